The molecule has 0 fully saturated rings. The number of carbonyl (C=O) groups is 1. The maximum Gasteiger partial charge on any atom is 0.279 e. The number of amides is 1. The minimum atomic E-state index is -0.509. The Kier molecular flexibility index (Phi) is 4.83. The molecule has 4 rings (SSSR count). The molecule has 0 aliphatic heterocycles. The Bertz CT molecular complexity index is 1180. The van der Waals surface area contributed by atoms with Gasteiger partial charge in [0.25, 0.3) is 11.6 Å². The molecule has 9 heteroatoms. The van der Waals surface area contributed by atoms with Crippen molar-refractivity contribution in [2.24, 2.45) is 5.92 Å². The van der Waals surface area contributed by atoms with Crippen LogP contribution in [-0.4, -0.2) is 10.8 Å². The van der Waals surface area contributed by atoms with Crippen LogP contribution in [0.2, 0.25) is 5.02 Å². The summed E-state index contributed by atoms with van der Waals surface area (Å²) >= 11 is 8.88. The van der Waals surface area contributed by atoms with Crippen LogP contribution < -0.4 is 5.32 Å². The summed E-state index contributed by atoms with van der Waals surface area (Å²) in [6.45, 7) is 2.18. The maximum absolute atomic E-state index is 12.9. The molecule has 0 radical (unpaired) electrons. The van der Waals surface area contributed by atoms with E-state index in [2.05, 4.69) is 18.3 Å². The highest BCUT2D eigenvalue weighted by Crippen LogP contribution is 2.42. The van der Waals surface area contributed by atoms with Crippen molar-refractivity contribution in [2.45, 2.75) is 26.2 Å². The fourth-order valence-electron chi connectivity index (χ4n) is 3.51. The van der Waals surface area contributed by atoms with Gasteiger partial charge in [-0.05, 0) is 36.8 Å². The van der Waals surface area contributed by atoms with E-state index in [1.54, 1.807) is 12.1 Å². The Morgan fingerprint density at radius 3 is 2.93 bits per heavy atom. The van der Waals surface area contributed by atoms with Gasteiger partial charge >= 0.3 is 0 Å². The van der Waals surface area contributed by atoms with Gasteiger partial charge in [-0.3, -0.25) is 14.9 Å². The predicted octanol–water partition coefficient (Wildman–Crippen LogP) is 5.77. The Morgan fingerprint density at radius 1 is 1.43 bits per heavy atom. The number of carbonyl (C=O) groups excluding carboxylic acids is 1. The van der Waals surface area contributed by atoms with Crippen molar-refractivity contribution < 1.29 is 9.72 Å². The van der Waals surface area contributed by atoms with Gasteiger partial charge in [0.1, 0.15) is 15.9 Å². The van der Waals surface area contributed by atoms with Gasteiger partial charge in [-0.15, -0.1) is 22.7 Å². The largest absolute Gasteiger partial charge is 0.312 e. The molecule has 2 heterocycles. The second-order valence-corrected chi connectivity index (χ2v) is 9.31. The molecule has 0 spiro atoms. The van der Waals surface area contributed by atoms with Crippen molar-refractivity contribution in [3.63, 3.8) is 0 Å². The van der Waals surface area contributed by atoms with E-state index in [-0.39, 0.29) is 21.0 Å². The average Bonchev–Trinajstić information content (AvgIpc) is 3.18. The third-order valence-electron chi connectivity index (χ3n) is 4.89. The number of halogens is 1. The molecule has 2 aromatic heterocycles. The van der Waals surface area contributed by atoms with Crippen LogP contribution in [-0.2, 0) is 12.8 Å². The minimum absolute atomic E-state index is 0.0678. The smallest absolute Gasteiger partial charge is 0.279 e. The van der Waals surface area contributed by atoms with E-state index in [4.69, 9.17) is 11.6 Å². The lowest BCUT2D eigenvalue weighted by Gasteiger charge is -2.17. The van der Waals surface area contributed by atoms with E-state index in [1.807, 2.05) is 0 Å². The van der Waals surface area contributed by atoms with Gasteiger partial charge in [0.2, 0.25) is 0 Å². The molecule has 1 amide bonds. The van der Waals surface area contributed by atoms with Gasteiger partial charge in [-0.1, -0.05) is 24.6 Å². The molecule has 1 aliphatic rings. The fourth-order valence-corrected chi connectivity index (χ4v) is 6.33. The zero-order chi connectivity index (χ0) is 20.0. The lowest BCUT2D eigenvalue weighted by molar-refractivity contribution is -0.383. The number of nitriles is 1. The van der Waals surface area contributed by atoms with E-state index in [0.29, 0.717) is 21.2 Å². The number of hydrogen-bond donors (Lipinski definition) is 1. The van der Waals surface area contributed by atoms with Crippen molar-refractivity contribution in [3.05, 3.63) is 54.2 Å². The van der Waals surface area contributed by atoms with E-state index >= 15 is 0 Å². The monoisotopic (exact) mass is 431 g/mol. The first-order valence-electron chi connectivity index (χ1n) is 8.62. The number of hydrogen-bond acceptors (Lipinski definition) is 6. The Morgan fingerprint density at radius 2 is 2.21 bits per heavy atom. The standard InChI is InChI=1S/C19H14ClN3O3S2/c1-9-5-6-10-11(8-21)19(28-14(10)7-9)22-18(24)17-16(20)15-12(23(25)26)3-2-4-13(15)27-17/h2-4,9H,5-7H2,1H3,(H,22,24)/t9-/m0/s1. The molecule has 0 unspecified atom stereocenters. The number of non-ortho nitro benzene ring substituents is 1. The molecule has 0 saturated heterocycles. The molecule has 1 aliphatic carbocycles. The Balaban J connectivity index is 1.72. The molecule has 6 nitrogen and oxygen atoms in total. The van der Waals surface area contributed by atoms with Gasteiger partial charge in [-0.2, -0.15) is 5.26 Å². The van der Waals surface area contributed by atoms with E-state index in [9.17, 15) is 20.2 Å². The Hall–Kier alpha value is -2.47. The van der Waals surface area contributed by atoms with Crippen molar-refractivity contribution in [1.82, 2.24) is 0 Å². The number of nitro benzene ring substituents is 1. The second kappa shape index (κ2) is 7.17. The van der Waals surface area contributed by atoms with Crippen LogP contribution in [0.1, 0.15) is 39.0 Å². The summed E-state index contributed by atoms with van der Waals surface area (Å²) in [4.78, 5) is 25.0. The van der Waals surface area contributed by atoms with Crippen LogP contribution in [0.5, 0.6) is 0 Å². The lowest BCUT2D eigenvalue weighted by atomic mass is 9.89. The normalized spacial score (nSPS) is 15.8. The van der Waals surface area contributed by atoms with Crippen LogP contribution in [0.25, 0.3) is 10.1 Å². The first-order valence-corrected chi connectivity index (χ1v) is 10.6. The lowest BCUT2D eigenvalue weighted by Crippen LogP contribution is -2.11. The highest BCUT2D eigenvalue weighted by molar-refractivity contribution is 7.22. The number of benzene rings is 1. The Labute approximate surface area is 173 Å². The topological polar surface area (TPSA) is 96.0 Å². The third kappa shape index (κ3) is 3.05. The van der Waals surface area contributed by atoms with Crippen LogP contribution in [0.15, 0.2) is 18.2 Å². The van der Waals surface area contributed by atoms with Crippen molar-refractivity contribution in [3.8, 4) is 6.07 Å². The van der Waals surface area contributed by atoms with Gasteiger partial charge in [0.15, 0.2) is 0 Å². The number of fused-ring (bicyclic) bond motifs is 2. The number of thiophene rings is 2. The van der Waals surface area contributed by atoms with Crippen LogP contribution in [0, 0.1) is 27.4 Å². The van der Waals surface area contributed by atoms with Gasteiger partial charge in [0, 0.05) is 15.6 Å². The van der Waals surface area contributed by atoms with Gasteiger partial charge < -0.3 is 5.32 Å². The summed E-state index contributed by atoms with van der Waals surface area (Å²) in [6, 6.07) is 6.85. The van der Waals surface area contributed by atoms with E-state index in [1.165, 1.54) is 17.4 Å². The van der Waals surface area contributed by atoms with Crippen LogP contribution in [0.3, 0.4) is 0 Å². The molecule has 0 bridgehead atoms. The summed E-state index contributed by atoms with van der Waals surface area (Å²) < 4.78 is 0.573. The quantitative estimate of drug-likeness (QED) is 0.420. The van der Waals surface area contributed by atoms with Gasteiger partial charge in [0.05, 0.1) is 20.9 Å². The van der Waals surface area contributed by atoms with Crippen molar-refractivity contribution in [1.29, 1.82) is 5.26 Å². The number of anilines is 1. The summed E-state index contributed by atoms with van der Waals surface area (Å²) in [5, 5.41) is 24.5. The number of rotatable bonds is 3. The highest BCUT2D eigenvalue weighted by atomic mass is 35.5. The highest BCUT2D eigenvalue weighted by Gasteiger charge is 2.27. The molecular formula is C19H14ClN3O3S2. The summed E-state index contributed by atoms with van der Waals surface area (Å²) in [5.74, 6) is 0.0995. The summed E-state index contributed by atoms with van der Waals surface area (Å²) in [5.41, 5.74) is 1.42. The zero-order valence-corrected chi connectivity index (χ0v) is 17.1. The molecular weight excluding hydrogens is 418 g/mol. The molecule has 142 valence electrons. The second-order valence-electron chi connectivity index (χ2n) is 6.77. The molecule has 1 N–H and O–H groups in total. The molecule has 3 aromatic rings. The predicted molar refractivity (Wildman–Crippen MR) is 112 cm³/mol. The SMILES string of the molecule is C[C@H]1CCc2c(sc(NC(=O)c3sc4cccc([N+](=O)[O-])c4c3Cl)c2C#N)C1. The number of nitrogens with zero attached hydrogens (tertiary/aromatic N) is 2. The van der Waals surface area contributed by atoms with Crippen LogP contribution >= 0.6 is 34.3 Å². The number of nitro groups is 1. The summed E-state index contributed by atoms with van der Waals surface area (Å²) in [6.07, 6.45) is 2.76. The third-order valence-corrected chi connectivity index (χ3v) is 7.70. The molecule has 1 aromatic carbocycles. The minimum Gasteiger partial charge on any atom is -0.312 e. The van der Waals surface area contributed by atoms with Crippen molar-refractivity contribution in [2.75, 3.05) is 5.32 Å². The molecule has 28 heavy (non-hydrogen) atoms. The zero-order valence-electron chi connectivity index (χ0n) is 14.7. The van der Waals surface area contributed by atoms with Crippen molar-refractivity contribution >= 4 is 61.0 Å². The van der Waals surface area contributed by atoms with E-state index in [0.717, 1.165) is 41.0 Å². The molecule has 0 saturated carbocycles. The number of nitrogens with one attached hydrogen (secondary N) is 1. The van der Waals surface area contributed by atoms with E-state index < -0.39 is 10.8 Å². The fraction of sp³-hybridized carbons (Fsp3) is 0.263. The van der Waals surface area contributed by atoms with Gasteiger partial charge in [-0.25, -0.2) is 0 Å². The maximum atomic E-state index is 12.9. The first kappa shape index (κ1) is 18.9. The van der Waals surface area contributed by atoms with Crippen LogP contribution in [0.4, 0.5) is 10.7 Å². The first-order chi connectivity index (χ1) is 13.4. The summed E-state index contributed by atoms with van der Waals surface area (Å²) in [7, 11) is 0. The average molecular weight is 432 g/mol. The molecule has 1 atom stereocenters.